The molecule has 1 aliphatic rings. The molecule has 6 nitrogen and oxygen atoms in total. The number of para-hydroxylation sites is 2. The normalized spacial score (nSPS) is 15.6. The van der Waals surface area contributed by atoms with E-state index in [2.05, 4.69) is 14.8 Å². The van der Waals surface area contributed by atoms with Crippen molar-refractivity contribution >= 4 is 23.1 Å². The molecule has 4 rings (SSSR count). The average Bonchev–Trinajstić information content (AvgIpc) is 3.07. The first-order valence-corrected chi connectivity index (χ1v) is 8.34. The molecule has 0 spiro atoms. The Hall–Kier alpha value is -2.86. The third-order valence-electron chi connectivity index (χ3n) is 4.51. The Balaban J connectivity index is 1.39. The van der Waals surface area contributed by atoms with Crippen LogP contribution in [0.5, 0.6) is 0 Å². The van der Waals surface area contributed by atoms with Crippen molar-refractivity contribution in [2.45, 2.75) is 6.54 Å². The van der Waals surface area contributed by atoms with Crippen LogP contribution in [0.2, 0.25) is 0 Å². The molecule has 2 aromatic carbocycles. The second kappa shape index (κ2) is 6.57. The van der Waals surface area contributed by atoms with Crippen molar-refractivity contribution < 1.29 is 14.3 Å². The molecule has 0 unspecified atom stereocenters. The van der Waals surface area contributed by atoms with Gasteiger partial charge in [-0.2, -0.15) is 4.98 Å². The van der Waals surface area contributed by atoms with Gasteiger partial charge < -0.3 is 14.4 Å². The van der Waals surface area contributed by atoms with E-state index in [0.717, 1.165) is 49.4 Å². The van der Waals surface area contributed by atoms with Gasteiger partial charge in [-0.25, -0.2) is 4.79 Å². The Bertz CT molecular complexity index is 865. The molecule has 0 bridgehead atoms. The minimum absolute atomic E-state index is 0.336. The van der Waals surface area contributed by atoms with Crippen LogP contribution < -0.4 is 4.90 Å². The van der Waals surface area contributed by atoms with Crippen LogP contribution in [0.25, 0.3) is 11.1 Å². The Labute approximate surface area is 145 Å². The van der Waals surface area contributed by atoms with Crippen LogP contribution in [-0.2, 0) is 6.54 Å². The van der Waals surface area contributed by atoms with Gasteiger partial charge in [0.1, 0.15) is 5.52 Å². The van der Waals surface area contributed by atoms with Gasteiger partial charge in [0.2, 0.25) is 0 Å². The summed E-state index contributed by atoms with van der Waals surface area (Å²) in [6.07, 6.45) is 0. The zero-order chi connectivity index (χ0) is 17.2. The fourth-order valence-corrected chi connectivity index (χ4v) is 3.15. The summed E-state index contributed by atoms with van der Waals surface area (Å²) in [7, 11) is 0. The van der Waals surface area contributed by atoms with Crippen molar-refractivity contribution in [1.29, 1.82) is 0 Å². The molecule has 0 amide bonds. The average molecular weight is 337 g/mol. The number of fused-ring (bicyclic) bond motifs is 1. The lowest BCUT2D eigenvalue weighted by molar-refractivity contribution is 0.0696. The van der Waals surface area contributed by atoms with Gasteiger partial charge in [-0.3, -0.25) is 4.90 Å². The van der Waals surface area contributed by atoms with E-state index in [1.54, 1.807) is 18.2 Å². The van der Waals surface area contributed by atoms with Crippen molar-refractivity contribution in [3.63, 3.8) is 0 Å². The number of benzene rings is 2. The second-order valence-corrected chi connectivity index (χ2v) is 6.23. The number of carbonyl (C=O) groups is 1. The molecular weight excluding hydrogens is 318 g/mol. The summed E-state index contributed by atoms with van der Waals surface area (Å²) in [5, 5.41) is 9.10. The molecule has 25 heavy (non-hydrogen) atoms. The summed E-state index contributed by atoms with van der Waals surface area (Å²) in [5.74, 6) is -0.886. The number of hydrogen-bond donors (Lipinski definition) is 1. The van der Waals surface area contributed by atoms with Gasteiger partial charge in [-0.05, 0) is 29.8 Å². The van der Waals surface area contributed by atoms with Crippen LogP contribution in [0.1, 0.15) is 15.9 Å². The summed E-state index contributed by atoms with van der Waals surface area (Å²) >= 11 is 0. The van der Waals surface area contributed by atoms with Crippen LogP contribution in [0, 0.1) is 0 Å². The molecule has 0 aliphatic carbocycles. The zero-order valence-corrected chi connectivity index (χ0v) is 13.8. The fourth-order valence-electron chi connectivity index (χ4n) is 3.15. The molecule has 1 fully saturated rings. The molecule has 2 heterocycles. The van der Waals surface area contributed by atoms with E-state index < -0.39 is 5.97 Å². The minimum atomic E-state index is -0.886. The van der Waals surface area contributed by atoms with E-state index in [1.807, 2.05) is 30.3 Å². The van der Waals surface area contributed by atoms with E-state index in [1.165, 1.54) is 0 Å². The van der Waals surface area contributed by atoms with Gasteiger partial charge in [-0.1, -0.05) is 24.3 Å². The summed E-state index contributed by atoms with van der Waals surface area (Å²) in [6, 6.07) is 15.6. The van der Waals surface area contributed by atoms with Gasteiger partial charge >= 0.3 is 5.97 Å². The highest BCUT2D eigenvalue weighted by molar-refractivity contribution is 5.87. The molecule has 1 aromatic heterocycles. The monoisotopic (exact) mass is 337 g/mol. The molecular formula is C19H19N3O3. The van der Waals surface area contributed by atoms with Crippen molar-refractivity contribution in [2.75, 3.05) is 31.1 Å². The van der Waals surface area contributed by atoms with E-state index in [9.17, 15) is 4.79 Å². The van der Waals surface area contributed by atoms with Crippen LogP contribution in [0.3, 0.4) is 0 Å². The third-order valence-corrected chi connectivity index (χ3v) is 4.51. The first kappa shape index (κ1) is 15.7. The van der Waals surface area contributed by atoms with Crippen molar-refractivity contribution in [2.24, 2.45) is 0 Å². The molecule has 128 valence electrons. The standard InChI is InChI=1S/C19H19N3O3/c23-18(24)15-5-3-4-14(12-15)13-21-8-10-22(11-9-21)19-20-16-6-1-2-7-17(16)25-19/h1-7,12H,8-11,13H2,(H,23,24). The molecule has 3 aromatic rings. The summed E-state index contributed by atoms with van der Waals surface area (Å²) in [6.45, 7) is 4.20. The van der Waals surface area contributed by atoms with E-state index in [4.69, 9.17) is 9.52 Å². The molecule has 1 N–H and O–H groups in total. The van der Waals surface area contributed by atoms with Crippen LogP contribution in [0.4, 0.5) is 6.01 Å². The molecule has 6 heteroatoms. The van der Waals surface area contributed by atoms with E-state index in [0.29, 0.717) is 11.6 Å². The lowest BCUT2D eigenvalue weighted by Crippen LogP contribution is -2.46. The Kier molecular flexibility index (Phi) is 4.11. The lowest BCUT2D eigenvalue weighted by Gasteiger charge is -2.33. The topological polar surface area (TPSA) is 69.8 Å². The molecule has 1 saturated heterocycles. The van der Waals surface area contributed by atoms with Crippen molar-refractivity contribution in [3.8, 4) is 0 Å². The Morgan fingerprint density at radius 3 is 2.64 bits per heavy atom. The summed E-state index contributed by atoms with van der Waals surface area (Å²) in [4.78, 5) is 20.1. The number of aromatic nitrogens is 1. The Morgan fingerprint density at radius 1 is 1.08 bits per heavy atom. The van der Waals surface area contributed by atoms with Crippen LogP contribution in [0.15, 0.2) is 52.9 Å². The predicted octanol–water partition coefficient (Wildman–Crippen LogP) is 2.85. The van der Waals surface area contributed by atoms with Gasteiger partial charge in [-0.15, -0.1) is 0 Å². The number of carboxylic acids is 1. The first-order valence-electron chi connectivity index (χ1n) is 8.34. The highest BCUT2D eigenvalue weighted by Gasteiger charge is 2.21. The van der Waals surface area contributed by atoms with E-state index in [-0.39, 0.29) is 0 Å². The number of anilines is 1. The highest BCUT2D eigenvalue weighted by atomic mass is 16.4. The smallest absolute Gasteiger partial charge is 0.335 e. The maximum atomic E-state index is 11.1. The number of carboxylic acid groups (broad SMARTS) is 1. The van der Waals surface area contributed by atoms with E-state index >= 15 is 0 Å². The molecule has 1 aliphatic heterocycles. The lowest BCUT2D eigenvalue weighted by atomic mass is 10.1. The van der Waals surface area contributed by atoms with Gasteiger partial charge in [0, 0.05) is 32.7 Å². The Morgan fingerprint density at radius 2 is 1.88 bits per heavy atom. The number of nitrogens with zero attached hydrogens (tertiary/aromatic N) is 3. The SMILES string of the molecule is O=C(O)c1cccc(CN2CCN(c3nc4ccccc4o3)CC2)c1. The van der Waals surface area contributed by atoms with Crippen molar-refractivity contribution in [1.82, 2.24) is 9.88 Å². The molecule has 0 atom stereocenters. The van der Waals surface area contributed by atoms with Gasteiger partial charge in [0.15, 0.2) is 5.58 Å². The van der Waals surface area contributed by atoms with Crippen LogP contribution in [-0.4, -0.2) is 47.1 Å². The second-order valence-electron chi connectivity index (χ2n) is 6.23. The van der Waals surface area contributed by atoms with Crippen molar-refractivity contribution in [3.05, 3.63) is 59.7 Å². The number of aromatic carboxylic acids is 1. The molecule has 0 radical (unpaired) electrons. The molecule has 0 saturated carbocycles. The van der Waals surface area contributed by atoms with Crippen LogP contribution >= 0.6 is 0 Å². The minimum Gasteiger partial charge on any atom is -0.478 e. The number of piperazine rings is 1. The number of hydrogen-bond acceptors (Lipinski definition) is 5. The summed E-state index contributed by atoms with van der Waals surface area (Å²) < 4.78 is 5.83. The predicted molar refractivity (Wildman–Crippen MR) is 94.9 cm³/mol. The maximum absolute atomic E-state index is 11.1. The number of rotatable bonds is 4. The van der Waals surface area contributed by atoms with Gasteiger partial charge in [0.05, 0.1) is 5.56 Å². The number of oxazole rings is 1. The highest BCUT2D eigenvalue weighted by Crippen LogP contribution is 2.23. The fraction of sp³-hybridized carbons (Fsp3) is 0.263. The first-order chi connectivity index (χ1) is 12.2. The quantitative estimate of drug-likeness (QED) is 0.789. The maximum Gasteiger partial charge on any atom is 0.335 e. The largest absolute Gasteiger partial charge is 0.478 e. The zero-order valence-electron chi connectivity index (χ0n) is 13.8. The van der Waals surface area contributed by atoms with Gasteiger partial charge in [0.25, 0.3) is 6.01 Å². The third kappa shape index (κ3) is 3.34. The summed E-state index contributed by atoms with van der Waals surface area (Å²) in [5.41, 5.74) is 3.05.